The molecule has 0 heterocycles. The average Bonchev–Trinajstić information content (AvgIpc) is 2.95. The third kappa shape index (κ3) is 2.58. The highest BCUT2D eigenvalue weighted by Gasteiger charge is 2.40. The van der Waals surface area contributed by atoms with Crippen LogP contribution in [0.1, 0.15) is 48.1 Å². The monoisotopic (exact) mass is 328 g/mol. The van der Waals surface area contributed by atoms with E-state index in [2.05, 4.69) is 15.9 Å². The van der Waals surface area contributed by atoms with Crippen LogP contribution >= 0.6 is 15.9 Å². The number of aryl methyl sites for hydroxylation is 1. The fourth-order valence-electron chi connectivity index (χ4n) is 3.96. The van der Waals surface area contributed by atoms with Gasteiger partial charge in [0.05, 0.1) is 0 Å². The highest BCUT2D eigenvalue weighted by atomic mass is 79.9. The molecule has 0 spiro atoms. The number of hydrogen-bond donors (Lipinski definition) is 0. The van der Waals surface area contributed by atoms with Gasteiger partial charge in [-0.1, -0.05) is 22.4 Å². The standard InChI is InChI=1S/C16H19BrF2/c1-9-4-16(19)13(8-15(9)18)14(17)7-12-6-10-2-3-11(12)5-10/h4,8,10-12,14H,2-3,5-7H2,1H3. The Kier molecular flexibility index (Phi) is 3.67. The summed E-state index contributed by atoms with van der Waals surface area (Å²) >= 11 is 3.57. The molecule has 0 saturated heterocycles. The van der Waals surface area contributed by atoms with Crippen molar-refractivity contribution >= 4 is 15.9 Å². The Balaban J connectivity index is 1.73. The topological polar surface area (TPSA) is 0 Å². The SMILES string of the molecule is Cc1cc(F)c(C(Br)CC2CC3CCC2C3)cc1F. The lowest BCUT2D eigenvalue weighted by Gasteiger charge is -2.24. The summed E-state index contributed by atoms with van der Waals surface area (Å²) in [7, 11) is 0. The van der Waals surface area contributed by atoms with Crippen molar-refractivity contribution in [1.29, 1.82) is 0 Å². The maximum absolute atomic E-state index is 13.9. The highest BCUT2D eigenvalue weighted by molar-refractivity contribution is 9.09. The quantitative estimate of drug-likeness (QED) is 0.639. The van der Waals surface area contributed by atoms with Crippen molar-refractivity contribution < 1.29 is 8.78 Å². The summed E-state index contributed by atoms with van der Waals surface area (Å²) in [5.41, 5.74) is 0.853. The van der Waals surface area contributed by atoms with E-state index in [1.54, 1.807) is 6.92 Å². The molecule has 0 radical (unpaired) electrons. The summed E-state index contributed by atoms with van der Waals surface area (Å²) in [6.07, 6.45) is 6.28. The largest absolute Gasteiger partial charge is 0.207 e. The van der Waals surface area contributed by atoms with Gasteiger partial charge in [0, 0.05) is 10.4 Å². The van der Waals surface area contributed by atoms with Crippen LogP contribution in [0.4, 0.5) is 8.78 Å². The summed E-state index contributed by atoms with van der Waals surface area (Å²) in [5.74, 6) is 1.81. The van der Waals surface area contributed by atoms with E-state index in [0.717, 1.165) is 18.3 Å². The van der Waals surface area contributed by atoms with E-state index in [1.807, 2.05) is 0 Å². The first-order valence-corrected chi connectivity index (χ1v) is 8.05. The van der Waals surface area contributed by atoms with Crippen LogP contribution in [0.5, 0.6) is 0 Å². The van der Waals surface area contributed by atoms with Crippen LogP contribution in [-0.2, 0) is 0 Å². The Morgan fingerprint density at radius 3 is 2.63 bits per heavy atom. The Labute approximate surface area is 121 Å². The molecule has 0 aromatic heterocycles. The van der Waals surface area contributed by atoms with Crippen LogP contribution in [0.15, 0.2) is 12.1 Å². The van der Waals surface area contributed by atoms with Crippen LogP contribution in [0.25, 0.3) is 0 Å². The van der Waals surface area contributed by atoms with Crippen molar-refractivity contribution in [2.24, 2.45) is 17.8 Å². The second-order valence-electron chi connectivity index (χ2n) is 6.26. The molecule has 2 bridgehead atoms. The average molecular weight is 329 g/mol. The van der Waals surface area contributed by atoms with E-state index in [-0.39, 0.29) is 16.5 Å². The minimum Gasteiger partial charge on any atom is -0.207 e. The molecule has 2 aliphatic rings. The zero-order valence-corrected chi connectivity index (χ0v) is 12.7. The van der Waals surface area contributed by atoms with Gasteiger partial charge in [-0.15, -0.1) is 0 Å². The zero-order chi connectivity index (χ0) is 13.6. The molecular weight excluding hydrogens is 310 g/mol. The van der Waals surface area contributed by atoms with Crippen LogP contribution < -0.4 is 0 Å². The highest BCUT2D eigenvalue weighted by Crippen LogP contribution is 2.52. The van der Waals surface area contributed by atoms with Crippen molar-refractivity contribution in [1.82, 2.24) is 0 Å². The van der Waals surface area contributed by atoms with E-state index in [0.29, 0.717) is 17.0 Å². The van der Waals surface area contributed by atoms with Gasteiger partial charge in [-0.3, -0.25) is 0 Å². The van der Waals surface area contributed by atoms with Gasteiger partial charge < -0.3 is 0 Å². The second kappa shape index (κ2) is 5.16. The van der Waals surface area contributed by atoms with Crippen LogP contribution in [0.2, 0.25) is 0 Å². The molecule has 2 aliphatic carbocycles. The number of rotatable bonds is 3. The normalized spacial score (nSPS) is 30.8. The second-order valence-corrected chi connectivity index (χ2v) is 7.37. The van der Waals surface area contributed by atoms with E-state index < -0.39 is 0 Å². The molecule has 3 rings (SSSR count). The van der Waals surface area contributed by atoms with E-state index in [1.165, 1.54) is 37.8 Å². The first-order chi connectivity index (χ1) is 9.04. The third-order valence-electron chi connectivity index (χ3n) is 5.01. The maximum Gasteiger partial charge on any atom is 0.128 e. The number of halogens is 3. The van der Waals surface area contributed by atoms with Crippen molar-refractivity contribution in [3.8, 4) is 0 Å². The Morgan fingerprint density at radius 2 is 2.00 bits per heavy atom. The number of fused-ring (bicyclic) bond motifs is 2. The van der Waals surface area contributed by atoms with Gasteiger partial charge in [0.1, 0.15) is 11.6 Å². The van der Waals surface area contributed by atoms with Gasteiger partial charge in [0.25, 0.3) is 0 Å². The fourth-order valence-corrected chi connectivity index (χ4v) is 4.79. The zero-order valence-electron chi connectivity index (χ0n) is 11.1. The molecule has 4 atom stereocenters. The molecule has 104 valence electrons. The van der Waals surface area contributed by atoms with Crippen molar-refractivity contribution in [3.05, 3.63) is 34.9 Å². The lowest BCUT2D eigenvalue weighted by molar-refractivity contribution is 0.313. The smallest absolute Gasteiger partial charge is 0.128 e. The molecule has 4 unspecified atom stereocenters. The summed E-state index contributed by atoms with van der Waals surface area (Å²) < 4.78 is 27.5. The summed E-state index contributed by atoms with van der Waals surface area (Å²) in [5, 5.41) is 0. The Hall–Kier alpha value is -0.440. The molecule has 1 aromatic carbocycles. The minimum atomic E-state index is -0.311. The minimum absolute atomic E-state index is 0.0630. The molecule has 19 heavy (non-hydrogen) atoms. The van der Waals surface area contributed by atoms with Gasteiger partial charge in [0.2, 0.25) is 0 Å². The van der Waals surface area contributed by atoms with Gasteiger partial charge in [0.15, 0.2) is 0 Å². The van der Waals surface area contributed by atoms with Gasteiger partial charge in [-0.25, -0.2) is 8.78 Å². The first-order valence-electron chi connectivity index (χ1n) is 7.14. The lowest BCUT2D eigenvalue weighted by atomic mass is 9.84. The molecule has 0 amide bonds. The fraction of sp³-hybridized carbons (Fsp3) is 0.625. The lowest BCUT2D eigenvalue weighted by Crippen LogP contribution is -2.13. The van der Waals surface area contributed by atoms with Crippen molar-refractivity contribution in [3.63, 3.8) is 0 Å². The van der Waals surface area contributed by atoms with Crippen LogP contribution in [0, 0.1) is 36.3 Å². The van der Waals surface area contributed by atoms with Crippen LogP contribution in [-0.4, -0.2) is 0 Å². The predicted molar refractivity (Wildman–Crippen MR) is 76.3 cm³/mol. The van der Waals surface area contributed by atoms with Gasteiger partial charge in [-0.05, 0) is 68.1 Å². The summed E-state index contributed by atoms with van der Waals surface area (Å²) in [6, 6.07) is 2.66. The number of hydrogen-bond acceptors (Lipinski definition) is 0. The Morgan fingerprint density at radius 1 is 1.21 bits per heavy atom. The molecule has 0 aliphatic heterocycles. The van der Waals surface area contributed by atoms with Crippen molar-refractivity contribution in [2.75, 3.05) is 0 Å². The summed E-state index contributed by atoms with van der Waals surface area (Å²) in [4.78, 5) is -0.0630. The van der Waals surface area contributed by atoms with E-state index in [9.17, 15) is 8.78 Å². The molecule has 0 N–H and O–H groups in total. The molecule has 0 nitrogen and oxygen atoms in total. The van der Waals surface area contributed by atoms with Gasteiger partial charge in [-0.2, -0.15) is 0 Å². The van der Waals surface area contributed by atoms with Crippen LogP contribution in [0.3, 0.4) is 0 Å². The Bertz CT molecular complexity index is 486. The maximum atomic E-state index is 13.9. The number of benzene rings is 1. The molecule has 2 fully saturated rings. The molecular formula is C16H19BrF2. The molecule has 2 saturated carbocycles. The van der Waals surface area contributed by atoms with E-state index >= 15 is 0 Å². The molecule has 3 heteroatoms. The third-order valence-corrected chi connectivity index (χ3v) is 5.88. The number of alkyl halides is 1. The molecule has 1 aromatic rings. The summed E-state index contributed by atoms with van der Waals surface area (Å²) in [6.45, 7) is 1.60. The van der Waals surface area contributed by atoms with E-state index in [4.69, 9.17) is 0 Å². The van der Waals surface area contributed by atoms with Crippen molar-refractivity contribution in [2.45, 2.75) is 43.9 Å². The first kappa shape index (κ1) is 13.5. The predicted octanol–water partition coefficient (Wildman–Crippen LogP) is 5.54. The van der Waals surface area contributed by atoms with Gasteiger partial charge >= 0.3 is 0 Å².